The molecule has 1 fully saturated rings. The van der Waals surface area contributed by atoms with Gasteiger partial charge in [-0.2, -0.15) is 4.31 Å². The Labute approximate surface area is 135 Å². The lowest BCUT2D eigenvalue weighted by molar-refractivity contribution is 0.444. The van der Waals surface area contributed by atoms with Gasteiger partial charge in [0, 0.05) is 24.1 Å². The second-order valence-corrected chi connectivity index (χ2v) is 8.47. The van der Waals surface area contributed by atoms with Crippen LogP contribution in [0.4, 0.5) is 0 Å². The summed E-state index contributed by atoms with van der Waals surface area (Å²) in [5, 5.41) is 0. The molecule has 2 N–H and O–H groups in total. The molecule has 0 saturated carbocycles. The van der Waals surface area contributed by atoms with Gasteiger partial charge < -0.3 is 5.73 Å². The average Bonchev–Trinajstić information content (AvgIpc) is 2.91. The molecule has 1 aromatic carbocycles. The van der Waals surface area contributed by atoms with Crippen LogP contribution in [0.15, 0.2) is 21.5 Å². The van der Waals surface area contributed by atoms with Gasteiger partial charge in [0.15, 0.2) is 0 Å². The molecule has 0 radical (unpaired) electrons. The first-order chi connectivity index (χ1) is 9.90. The molecule has 1 heterocycles. The zero-order valence-electron chi connectivity index (χ0n) is 12.6. The highest BCUT2D eigenvalue weighted by molar-refractivity contribution is 9.10. The standard InChI is InChI=1S/C15H23BrN2O2S/c1-3-4-12-5-6-18(10-12)21(19,20)15-8-13(9-17)7-14(16)11(15)2/h7-8,12H,3-6,9-10,17H2,1-2H3. The molecule has 0 aliphatic carbocycles. The van der Waals surface area contributed by atoms with Crippen molar-refractivity contribution in [3.63, 3.8) is 0 Å². The maximum atomic E-state index is 12.9. The summed E-state index contributed by atoms with van der Waals surface area (Å²) in [5.74, 6) is 0.492. The van der Waals surface area contributed by atoms with E-state index in [1.54, 1.807) is 10.4 Å². The lowest BCUT2D eigenvalue weighted by Gasteiger charge is -2.19. The van der Waals surface area contributed by atoms with E-state index < -0.39 is 10.0 Å². The number of hydrogen-bond donors (Lipinski definition) is 1. The van der Waals surface area contributed by atoms with Crippen LogP contribution in [0.5, 0.6) is 0 Å². The van der Waals surface area contributed by atoms with Gasteiger partial charge in [-0.1, -0.05) is 29.3 Å². The molecule has 1 saturated heterocycles. The molecule has 0 amide bonds. The van der Waals surface area contributed by atoms with Crippen molar-refractivity contribution in [2.24, 2.45) is 11.7 Å². The molecule has 0 aromatic heterocycles. The Kier molecular flexibility index (Phi) is 5.46. The van der Waals surface area contributed by atoms with Crippen LogP contribution in [-0.2, 0) is 16.6 Å². The monoisotopic (exact) mass is 374 g/mol. The van der Waals surface area contributed by atoms with Crippen molar-refractivity contribution in [1.82, 2.24) is 4.31 Å². The van der Waals surface area contributed by atoms with Crippen LogP contribution < -0.4 is 5.73 Å². The molecule has 1 aromatic rings. The summed E-state index contributed by atoms with van der Waals surface area (Å²) in [7, 11) is -3.43. The third-order valence-electron chi connectivity index (χ3n) is 4.16. The smallest absolute Gasteiger partial charge is 0.243 e. The molecule has 21 heavy (non-hydrogen) atoms. The molecular weight excluding hydrogens is 352 g/mol. The van der Waals surface area contributed by atoms with Crippen LogP contribution in [0.2, 0.25) is 0 Å². The van der Waals surface area contributed by atoms with Crippen molar-refractivity contribution in [1.29, 1.82) is 0 Å². The highest BCUT2D eigenvalue weighted by Gasteiger charge is 2.33. The molecule has 118 valence electrons. The number of nitrogens with two attached hydrogens (primary N) is 1. The second kappa shape index (κ2) is 6.77. The second-order valence-electron chi connectivity index (χ2n) is 5.71. The highest BCUT2D eigenvalue weighted by Crippen LogP contribution is 2.31. The van der Waals surface area contributed by atoms with E-state index in [9.17, 15) is 8.42 Å². The number of sulfonamides is 1. The number of hydrogen-bond acceptors (Lipinski definition) is 3. The molecule has 1 unspecified atom stereocenters. The molecule has 2 rings (SSSR count). The summed E-state index contributed by atoms with van der Waals surface area (Å²) in [6.07, 6.45) is 3.16. The lowest BCUT2D eigenvalue weighted by Crippen LogP contribution is -2.29. The Morgan fingerprint density at radius 3 is 2.76 bits per heavy atom. The minimum atomic E-state index is -3.43. The lowest BCUT2D eigenvalue weighted by atomic mass is 10.0. The molecule has 4 nitrogen and oxygen atoms in total. The summed E-state index contributed by atoms with van der Waals surface area (Å²) < 4.78 is 28.2. The molecule has 0 bridgehead atoms. The Morgan fingerprint density at radius 1 is 1.43 bits per heavy atom. The summed E-state index contributed by atoms with van der Waals surface area (Å²) in [4.78, 5) is 0.384. The van der Waals surface area contributed by atoms with Gasteiger partial charge in [-0.05, 0) is 48.9 Å². The van der Waals surface area contributed by atoms with Crippen LogP contribution in [0.1, 0.15) is 37.3 Å². The van der Waals surface area contributed by atoms with E-state index in [2.05, 4.69) is 22.9 Å². The Morgan fingerprint density at radius 2 is 2.14 bits per heavy atom. The molecule has 1 aliphatic rings. The van der Waals surface area contributed by atoms with E-state index in [0.717, 1.165) is 34.9 Å². The summed E-state index contributed by atoms with van der Waals surface area (Å²) in [6, 6.07) is 3.60. The minimum absolute atomic E-state index is 0.333. The normalized spacial score (nSPS) is 20.1. The van der Waals surface area contributed by atoms with Gasteiger partial charge in [-0.3, -0.25) is 0 Å². The first kappa shape index (κ1) is 16.9. The van der Waals surface area contributed by atoms with Crippen molar-refractivity contribution in [2.45, 2.75) is 44.6 Å². The van der Waals surface area contributed by atoms with Gasteiger partial charge in [0.2, 0.25) is 10.0 Å². The van der Waals surface area contributed by atoms with Crippen LogP contribution in [0.3, 0.4) is 0 Å². The molecular formula is C15H23BrN2O2S. The fourth-order valence-corrected chi connectivity index (χ4v) is 5.36. The quantitative estimate of drug-likeness (QED) is 0.861. The van der Waals surface area contributed by atoms with Gasteiger partial charge in [-0.25, -0.2) is 8.42 Å². The predicted octanol–water partition coefficient (Wildman–Crippen LogP) is 3.03. The van der Waals surface area contributed by atoms with Gasteiger partial charge in [-0.15, -0.1) is 0 Å². The molecule has 1 atom stereocenters. The third-order valence-corrected chi connectivity index (χ3v) is 6.97. The predicted molar refractivity (Wildman–Crippen MR) is 88.5 cm³/mol. The fourth-order valence-electron chi connectivity index (χ4n) is 2.89. The van der Waals surface area contributed by atoms with Crippen molar-refractivity contribution in [3.8, 4) is 0 Å². The minimum Gasteiger partial charge on any atom is -0.326 e. The largest absolute Gasteiger partial charge is 0.326 e. The van der Waals surface area contributed by atoms with E-state index in [-0.39, 0.29) is 0 Å². The first-order valence-corrected chi connectivity index (χ1v) is 9.62. The number of nitrogens with zero attached hydrogens (tertiary/aromatic N) is 1. The third kappa shape index (κ3) is 3.50. The number of rotatable bonds is 5. The van der Waals surface area contributed by atoms with E-state index in [0.29, 0.717) is 30.4 Å². The van der Waals surface area contributed by atoms with Crippen LogP contribution in [0, 0.1) is 12.8 Å². The van der Waals surface area contributed by atoms with Gasteiger partial charge in [0.25, 0.3) is 0 Å². The van der Waals surface area contributed by atoms with E-state index in [4.69, 9.17) is 5.73 Å². The van der Waals surface area contributed by atoms with Gasteiger partial charge >= 0.3 is 0 Å². The van der Waals surface area contributed by atoms with Crippen molar-refractivity contribution in [3.05, 3.63) is 27.7 Å². The SMILES string of the molecule is CCCC1CCN(S(=O)(=O)c2cc(CN)cc(Br)c2C)C1. The fraction of sp³-hybridized carbons (Fsp3) is 0.600. The topological polar surface area (TPSA) is 63.4 Å². The maximum Gasteiger partial charge on any atom is 0.243 e. The Balaban J connectivity index is 2.34. The zero-order chi connectivity index (χ0) is 15.6. The van der Waals surface area contributed by atoms with Crippen LogP contribution >= 0.6 is 15.9 Å². The average molecular weight is 375 g/mol. The number of halogens is 1. The highest BCUT2D eigenvalue weighted by atomic mass is 79.9. The van der Waals surface area contributed by atoms with Gasteiger partial charge in [0.1, 0.15) is 0 Å². The zero-order valence-corrected chi connectivity index (χ0v) is 15.0. The Hall–Kier alpha value is -0.430. The van der Waals surface area contributed by atoms with Crippen molar-refractivity contribution < 1.29 is 8.42 Å². The van der Waals surface area contributed by atoms with E-state index in [1.807, 2.05) is 13.0 Å². The first-order valence-electron chi connectivity index (χ1n) is 7.39. The van der Waals surface area contributed by atoms with Crippen molar-refractivity contribution in [2.75, 3.05) is 13.1 Å². The van der Waals surface area contributed by atoms with Crippen molar-refractivity contribution >= 4 is 26.0 Å². The Bertz CT molecular complexity index is 616. The van der Waals surface area contributed by atoms with E-state index >= 15 is 0 Å². The van der Waals surface area contributed by atoms with Gasteiger partial charge in [0.05, 0.1) is 4.90 Å². The number of benzene rings is 1. The van der Waals surface area contributed by atoms with Crippen LogP contribution in [0.25, 0.3) is 0 Å². The summed E-state index contributed by atoms with van der Waals surface area (Å²) in [5.41, 5.74) is 7.25. The molecule has 0 spiro atoms. The molecule has 6 heteroatoms. The van der Waals surface area contributed by atoms with Crippen LogP contribution in [-0.4, -0.2) is 25.8 Å². The maximum absolute atomic E-state index is 12.9. The summed E-state index contributed by atoms with van der Waals surface area (Å²) in [6.45, 7) is 5.57. The van der Waals surface area contributed by atoms with E-state index in [1.165, 1.54) is 0 Å². The summed E-state index contributed by atoms with van der Waals surface area (Å²) >= 11 is 3.44. The molecule has 1 aliphatic heterocycles.